The number of thiophene rings is 1. The molecule has 7 nitrogen and oxygen atoms in total. The second kappa shape index (κ2) is 7.84. The van der Waals surface area contributed by atoms with E-state index in [4.69, 9.17) is 5.11 Å². The summed E-state index contributed by atoms with van der Waals surface area (Å²) in [5.41, 5.74) is -0.0277. The number of piperazine rings is 1. The molecule has 1 aromatic heterocycles. The normalized spacial score (nSPS) is 17.7. The smallest absolute Gasteiger partial charge is 0.336 e. The zero-order chi connectivity index (χ0) is 18.8. The molecule has 25 heavy (non-hydrogen) atoms. The maximum Gasteiger partial charge on any atom is 0.336 e. The molecule has 1 fully saturated rings. The topological polar surface area (TPSA) is 95.0 Å². The number of sulfonamides is 1. The summed E-state index contributed by atoms with van der Waals surface area (Å²) in [4.78, 5) is 24.9. The number of rotatable bonds is 6. The van der Waals surface area contributed by atoms with Gasteiger partial charge in [-0.05, 0) is 17.9 Å². The molecule has 2 heterocycles. The van der Waals surface area contributed by atoms with E-state index >= 15 is 0 Å². The van der Waals surface area contributed by atoms with Crippen LogP contribution in [-0.4, -0.2) is 60.8 Å². The third kappa shape index (κ3) is 4.59. The Bertz CT molecular complexity index is 733. The molecule has 1 amide bonds. The van der Waals surface area contributed by atoms with Gasteiger partial charge in [0.1, 0.15) is 4.21 Å². The van der Waals surface area contributed by atoms with Gasteiger partial charge in [-0.25, -0.2) is 13.2 Å². The van der Waals surface area contributed by atoms with Crippen LogP contribution >= 0.6 is 11.3 Å². The maximum atomic E-state index is 12.6. The van der Waals surface area contributed by atoms with E-state index in [-0.39, 0.29) is 34.7 Å². The van der Waals surface area contributed by atoms with Crippen molar-refractivity contribution in [3.8, 4) is 0 Å². The second-order valence-corrected chi connectivity index (χ2v) is 9.75. The van der Waals surface area contributed by atoms with Crippen LogP contribution in [0.15, 0.2) is 15.7 Å². The van der Waals surface area contributed by atoms with E-state index in [0.29, 0.717) is 25.4 Å². The Hall–Kier alpha value is -1.45. The molecule has 140 valence electrons. The minimum atomic E-state index is -3.71. The summed E-state index contributed by atoms with van der Waals surface area (Å²) < 4.78 is 26.6. The van der Waals surface area contributed by atoms with Gasteiger partial charge in [-0.15, -0.1) is 11.3 Å². The highest BCUT2D eigenvalue weighted by Gasteiger charge is 2.31. The van der Waals surface area contributed by atoms with E-state index in [9.17, 15) is 18.0 Å². The Balaban J connectivity index is 1.98. The van der Waals surface area contributed by atoms with Gasteiger partial charge < -0.3 is 10.0 Å². The van der Waals surface area contributed by atoms with E-state index in [0.717, 1.165) is 11.3 Å². The Kier molecular flexibility index (Phi) is 6.23. The molecule has 2 rings (SSSR count). The van der Waals surface area contributed by atoms with E-state index in [2.05, 4.69) is 13.8 Å². The van der Waals surface area contributed by atoms with Crippen LogP contribution in [0.2, 0.25) is 0 Å². The van der Waals surface area contributed by atoms with Crippen molar-refractivity contribution in [2.24, 2.45) is 11.8 Å². The van der Waals surface area contributed by atoms with Crippen molar-refractivity contribution < 1.29 is 23.1 Å². The van der Waals surface area contributed by atoms with Crippen LogP contribution in [0, 0.1) is 11.8 Å². The number of hydrogen-bond acceptors (Lipinski definition) is 5. The Morgan fingerprint density at radius 1 is 1.20 bits per heavy atom. The van der Waals surface area contributed by atoms with Gasteiger partial charge in [0, 0.05) is 38.0 Å². The number of carboxylic acid groups (broad SMARTS) is 1. The lowest BCUT2D eigenvalue weighted by atomic mass is 9.94. The van der Waals surface area contributed by atoms with E-state index < -0.39 is 16.0 Å². The van der Waals surface area contributed by atoms with Crippen molar-refractivity contribution in [1.82, 2.24) is 9.21 Å². The molecule has 1 atom stereocenters. The minimum absolute atomic E-state index is 0.0260. The average molecular weight is 389 g/mol. The van der Waals surface area contributed by atoms with Gasteiger partial charge in [0.15, 0.2) is 0 Å². The molecule has 1 unspecified atom stereocenters. The van der Waals surface area contributed by atoms with Gasteiger partial charge in [-0.2, -0.15) is 4.31 Å². The number of nitrogens with zero attached hydrogens (tertiary/aromatic N) is 2. The highest BCUT2D eigenvalue weighted by molar-refractivity contribution is 7.91. The molecule has 0 spiro atoms. The highest BCUT2D eigenvalue weighted by atomic mass is 32.2. The fourth-order valence-electron chi connectivity index (χ4n) is 2.51. The SMILES string of the molecule is CC(C)C(C)CC(=O)N1CCN(S(=O)(=O)c2cc(C(=O)O)cs2)CC1. The zero-order valence-electron chi connectivity index (χ0n) is 14.6. The minimum Gasteiger partial charge on any atom is -0.478 e. The number of amides is 1. The summed E-state index contributed by atoms with van der Waals surface area (Å²) in [7, 11) is -3.71. The first-order valence-corrected chi connectivity index (χ1v) is 10.5. The third-order valence-electron chi connectivity index (χ3n) is 4.64. The predicted molar refractivity (Wildman–Crippen MR) is 95.2 cm³/mol. The largest absolute Gasteiger partial charge is 0.478 e. The highest BCUT2D eigenvalue weighted by Crippen LogP contribution is 2.25. The molecule has 1 aromatic rings. The molecular formula is C16H24N2O5S2. The molecule has 0 aliphatic carbocycles. The first-order chi connectivity index (χ1) is 11.6. The third-order valence-corrected chi connectivity index (χ3v) is 7.96. The van der Waals surface area contributed by atoms with E-state index in [1.165, 1.54) is 15.8 Å². The lowest BCUT2D eigenvalue weighted by Gasteiger charge is -2.34. The van der Waals surface area contributed by atoms with Crippen molar-refractivity contribution in [2.45, 2.75) is 31.4 Å². The lowest BCUT2D eigenvalue weighted by molar-refractivity contribution is -0.133. The molecule has 0 aromatic carbocycles. The average Bonchev–Trinajstić information content (AvgIpc) is 3.05. The molecule has 1 aliphatic rings. The Morgan fingerprint density at radius 2 is 1.80 bits per heavy atom. The van der Waals surface area contributed by atoms with Crippen LogP contribution in [0.25, 0.3) is 0 Å². The van der Waals surface area contributed by atoms with Gasteiger partial charge in [0.2, 0.25) is 5.91 Å². The predicted octanol–water partition coefficient (Wildman–Crippen LogP) is 1.96. The summed E-state index contributed by atoms with van der Waals surface area (Å²) in [6, 6.07) is 1.18. The van der Waals surface area contributed by atoms with Crippen molar-refractivity contribution in [3.63, 3.8) is 0 Å². The summed E-state index contributed by atoms with van der Waals surface area (Å²) in [5, 5.41) is 10.3. The monoisotopic (exact) mass is 388 g/mol. The van der Waals surface area contributed by atoms with Crippen LogP contribution in [0.1, 0.15) is 37.6 Å². The van der Waals surface area contributed by atoms with Crippen LogP contribution in [-0.2, 0) is 14.8 Å². The standard InChI is InChI=1S/C16H24N2O5S2/c1-11(2)12(3)8-14(19)17-4-6-18(7-5-17)25(22,23)15-9-13(10-24-15)16(20)21/h9-12H,4-8H2,1-3H3,(H,20,21). The summed E-state index contributed by atoms with van der Waals surface area (Å²) in [6.45, 7) is 7.37. The van der Waals surface area contributed by atoms with E-state index in [1.807, 2.05) is 6.92 Å². The quantitative estimate of drug-likeness (QED) is 0.804. The lowest BCUT2D eigenvalue weighted by Crippen LogP contribution is -2.50. The number of aromatic carboxylic acids is 1. The van der Waals surface area contributed by atoms with Gasteiger partial charge >= 0.3 is 5.97 Å². The van der Waals surface area contributed by atoms with Crippen LogP contribution in [0.4, 0.5) is 0 Å². The van der Waals surface area contributed by atoms with Crippen LogP contribution in [0.3, 0.4) is 0 Å². The molecule has 9 heteroatoms. The summed E-state index contributed by atoms with van der Waals surface area (Å²) >= 11 is 0.906. The molecular weight excluding hydrogens is 364 g/mol. The Morgan fingerprint density at radius 3 is 2.28 bits per heavy atom. The first-order valence-electron chi connectivity index (χ1n) is 8.22. The number of carboxylic acids is 1. The maximum absolute atomic E-state index is 12.6. The van der Waals surface area contributed by atoms with Gasteiger partial charge in [-0.3, -0.25) is 4.79 Å². The van der Waals surface area contributed by atoms with Gasteiger partial charge in [-0.1, -0.05) is 20.8 Å². The van der Waals surface area contributed by atoms with Crippen molar-refractivity contribution in [3.05, 3.63) is 17.0 Å². The van der Waals surface area contributed by atoms with Gasteiger partial charge in [0.05, 0.1) is 5.56 Å². The molecule has 1 saturated heterocycles. The van der Waals surface area contributed by atoms with Crippen LogP contribution in [0.5, 0.6) is 0 Å². The molecule has 0 saturated carbocycles. The fraction of sp³-hybridized carbons (Fsp3) is 0.625. The van der Waals surface area contributed by atoms with E-state index in [1.54, 1.807) is 4.90 Å². The Labute approximate surface area is 152 Å². The fourth-order valence-corrected chi connectivity index (χ4v) is 5.24. The molecule has 1 aliphatic heterocycles. The number of carbonyl (C=O) groups is 2. The summed E-state index contributed by atoms with van der Waals surface area (Å²) in [6.07, 6.45) is 0.470. The molecule has 1 N–H and O–H groups in total. The summed E-state index contributed by atoms with van der Waals surface area (Å²) in [5.74, 6) is -0.377. The van der Waals surface area contributed by atoms with Crippen LogP contribution < -0.4 is 0 Å². The molecule has 0 bridgehead atoms. The van der Waals surface area contributed by atoms with Crippen molar-refractivity contribution in [1.29, 1.82) is 0 Å². The molecule has 0 radical (unpaired) electrons. The van der Waals surface area contributed by atoms with Crippen molar-refractivity contribution in [2.75, 3.05) is 26.2 Å². The number of carbonyl (C=O) groups excluding carboxylic acids is 1. The van der Waals surface area contributed by atoms with Crippen molar-refractivity contribution >= 4 is 33.2 Å². The second-order valence-electron chi connectivity index (χ2n) is 6.67. The zero-order valence-corrected chi connectivity index (χ0v) is 16.3. The van der Waals surface area contributed by atoms with Gasteiger partial charge in [0.25, 0.3) is 10.0 Å². The number of hydrogen-bond donors (Lipinski definition) is 1. The first kappa shape index (κ1) is 19.9.